The Labute approximate surface area is 259 Å². The molecule has 0 saturated heterocycles. The van der Waals surface area contributed by atoms with Crippen molar-refractivity contribution < 1.29 is 9.53 Å². The van der Waals surface area contributed by atoms with Crippen LogP contribution in [0.2, 0.25) is 0 Å². The molecule has 4 bridgehead atoms. The highest BCUT2D eigenvalue weighted by atomic mass is 32.2. The number of fused-ring (bicyclic) bond motifs is 3. The molecule has 1 N–H and O–H groups in total. The number of rotatable bonds is 7. The number of ether oxygens (including phenoxy) is 1. The first-order chi connectivity index (χ1) is 21.5. The zero-order valence-electron chi connectivity index (χ0n) is 24.5. The molecule has 2 heterocycles. The molecule has 5 aromatic rings. The number of carbonyl (C=O) groups excluding carboxylic acids is 1. The first-order valence-electron chi connectivity index (χ1n) is 15.4. The molecule has 9 heteroatoms. The maximum atomic E-state index is 13.1. The van der Waals surface area contributed by atoms with E-state index in [4.69, 9.17) is 9.72 Å². The van der Waals surface area contributed by atoms with Crippen molar-refractivity contribution in [3.05, 3.63) is 88.7 Å². The van der Waals surface area contributed by atoms with Crippen LogP contribution in [0.15, 0.2) is 82.7 Å². The lowest BCUT2D eigenvalue weighted by Crippen LogP contribution is -2.43. The third kappa shape index (κ3) is 4.93. The summed E-state index contributed by atoms with van der Waals surface area (Å²) in [5.74, 6) is 4.92. The minimum absolute atomic E-state index is 0.128. The van der Waals surface area contributed by atoms with Crippen molar-refractivity contribution in [1.29, 1.82) is 0 Å². The van der Waals surface area contributed by atoms with Crippen LogP contribution in [-0.2, 0) is 4.79 Å². The molecule has 0 radical (unpaired) electrons. The van der Waals surface area contributed by atoms with Crippen LogP contribution >= 0.6 is 11.8 Å². The standard InChI is InChI=1S/C35H33N5O3S/c1-43-27-12-8-23(9-13-27)32-34(42)38-33-28-4-2-3-5-29(28)37-35(40(33)39-32)44-19-30(41)36-26-10-6-22(7-11-26)31-24-15-20-14-21(17-24)18-25(31)16-20/h2-13,20-21,24-25,31H,14-19H2,1H3,(H,36,41). The number of methoxy groups -OCH3 is 1. The van der Waals surface area contributed by atoms with Crippen molar-refractivity contribution >= 4 is 39.9 Å². The maximum Gasteiger partial charge on any atom is 0.300 e. The van der Waals surface area contributed by atoms with E-state index in [1.54, 1.807) is 35.9 Å². The number of hydrogen-bond donors (Lipinski definition) is 1. The van der Waals surface area contributed by atoms with Crippen molar-refractivity contribution in [2.24, 2.45) is 23.7 Å². The highest BCUT2D eigenvalue weighted by Gasteiger charge is 2.48. The average Bonchev–Trinajstić information content (AvgIpc) is 3.04. The Morgan fingerprint density at radius 3 is 2.32 bits per heavy atom. The predicted octanol–water partition coefficient (Wildman–Crippen LogP) is 6.58. The van der Waals surface area contributed by atoms with Crippen LogP contribution in [-0.4, -0.2) is 38.4 Å². The van der Waals surface area contributed by atoms with E-state index in [0.29, 0.717) is 38.9 Å². The first kappa shape index (κ1) is 27.3. The van der Waals surface area contributed by atoms with Crippen LogP contribution in [0.5, 0.6) is 5.75 Å². The SMILES string of the molecule is COc1ccc(-c2nn3c(SCC(=O)Nc4ccc(C5C6CC7CC(C6)CC5C7)cc4)nc4ccccc4c3nc2=O)cc1. The Balaban J connectivity index is 1.02. The van der Waals surface area contributed by atoms with Gasteiger partial charge in [0.2, 0.25) is 5.91 Å². The van der Waals surface area contributed by atoms with Gasteiger partial charge in [-0.1, -0.05) is 36.0 Å². The Bertz CT molecular complexity index is 1910. The highest BCUT2D eigenvalue weighted by Crippen LogP contribution is 2.59. The van der Waals surface area contributed by atoms with Gasteiger partial charge in [0.05, 0.1) is 18.4 Å². The molecule has 1 amide bonds. The van der Waals surface area contributed by atoms with E-state index < -0.39 is 5.56 Å². The fraction of sp³-hybridized carbons (Fsp3) is 0.343. The lowest BCUT2D eigenvalue weighted by molar-refractivity contribution is -0.113. The quantitative estimate of drug-likeness (QED) is 0.127. The number of hydrogen-bond acceptors (Lipinski definition) is 7. The molecule has 8 nitrogen and oxygen atoms in total. The molecule has 0 unspecified atom stereocenters. The highest BCUT2D eigenvalue weighted by molar-refractivity contribution is 7.99. The summed E-state index contributed by atoms with van der Waals surface area (Å²) in [5, 5.41) is 8.93. The summed E-state index contributed by atoms with van der Waals surface area (Å²) in [7, 11) is 1.59. The zero-order chi connectivity index (χ0) is 29.8. The Hall–Kier alpha value is -4.24. The Morgan fingerprint density at radius 1 is 0.909 bits per heavy atom. The van der Waals surface area contributed by atoms with E-state index in [2.05, 4.69) is 27.5 Å². The lowest BCUT2D eigenvalue weighted by atomic mass is 9.51. The summed E-state index contributed by atoms with van der Waals surface area (Å²) < 4.78 is 6.82. The van der Waals surface area contributed by atoms with E-state index >= 15 is 0 Å². The predicted molar refractivity (Wildman–Crippen MR) is 172 cm³/mol. The molecule has 3 aromatic carbocycles. The molecule has 9 rings (SSSR count). The molecular weight excluding hydrogens is 570 g/mol. The summed E-state index contributed by atoms with van der Waals surface area (Å²) in [5.41, 5.74) is 3.70. The third-order valence-electron chi connectivity index (χ3n) is 9.85. The number of nitrogens with one attached hydrogen (secondary N) is 1. The van der Waals surface area contributed by atoms with E-state index in [1.165, 1.54) is 49.4 Å². The van der Waals surface area contributed by atoms with Gasteiger partial charge in [-0.25, -0.2) is 4.98 Å². The zero-order valence-corrected chi connectivity index (χ0v) is 25.3. The van der Waals surface area contributed by atoms with E-state index in [9.17, 15) is 9.59 Å². The molecule has 44 heavy (non-hydrogen) atoms. The molecule has 0 spiro atoms. The van der Waals surface area contributed by atoms with Gasteiger partial charge in [-0.15, -0.1) is 0 Å². The number of carbonyl (C=O) groups is 1. The molecule has 0 atom stereocenters. The molecule has 4 aliphatic carbocycles. The van der Waals surface area contributed by atoms with E-state index in [-0.39, 0.29) is 17.4 Å². The van der Waals surface area contributed by atoms with Gasteiger partial charge in [0.25, 0.3) is 5.56 Å². The second-order valence-electron chi connectivity index (χ2n) is 12.6. The fourth-order valence-corrected chi connectivity index (χ4v) is 8.96. The lowest BCUT2D eigenvalue weighted by Gasteiger charge is -2.54. The number of anilines is 1. The van der Waals surface area contributed by atoms with Gasteiger partial charge in [0, 0.05) is 16.6 Å². The fourth-order valence-electron chi connectivity index (χ4n) is 8.21. The number of nitrogens with zero attached hydrogens (tertiary/aromatic N) is 4. The van der Waals surface area contributed by atoms with Crippen LogP contribution in [0, 0.1) is 23.7 Å². The Morgan fingerprint density at radius 2 is 1.61 bits per heavy atom. The van der Waals surface area contributed by atoms with Crippen LogP contribution in [0.25, 0.3) is 27.8 Å². The van der Waals surface area contributed by atoms with E-state index in [0.717, 1.165) is 29.4 Å². The van der Waals surface area contributed by atoms with Gasteiger partial charge in [0.1, 0.15) is 5.75 Å². The van der Waals surface area contributed by atoms with Gasteiger partial charge in [-0.05, 0) is 116 Å². The topological polar surface area (TPSA) is 98.5 Å². The normalized spacial score (nSPS) is 23.7. The average molecular weight is 604 g/mol. The number of benzene rings is 3. The maximum absolute atomic E-state index is 13.1. The molecule has 222 valence electrons. The van der Waals surface area contributed by atoms with Crippen LogP contribution in [0.3, 0.4) is 0 Å². The minimum Gasteiger partial charge on any atom is -0.497 e. The summed E-state index contributed by atoms with van der Waals surface area (Å²) >= 11 is 1.26. The summed E-state index contributed by atoms with van der Waals surface area (Å²) in [4.78, 5) is 35.4. The summed E-state index contributed by atoms with van der Waals surface area (Å²) in [6.45, 7) is 0. The molecule has 4 fully saturated rings. The van der Waals surface area contributed by atoms with Crippen molar-refractivity contribution in [2.75, 3.05) is 18.2 Å². The summed E-state index contributed by atoms with van der Waals surface area (Å²) in [6.07, 6.45) is 7.04. The monoisotopic (exact) mass is 603 g/mol. The van der Waals surface area contributed by atoms with Crippen LogP contribution in [0.1, 0.15) is 43.6 Å². The molecule has 0 aliphatic heterocycles. The molecular formula is C35H33N5O3S. The van der Waals surface area contributed by atoms with Gasteiger partial charge in [0.15, 0.2) is 16.5 Å². The van der Waals surface area contributed by atoms with Crippen molar-refractivity contribution in [2.45, 2.75) is 43.2 Å². The van der Waals surface area contributed by atoms with Gasteiger partial charge >= 0.3 is 0 Å². The molecule has 4 aliphatic rings. The van der Waals surface area contributed by atoms with Crippen LogP contribution in [0.4, 0.5) is 5.69 Å². The van der Waals surface area contributed by atoms with Gasteiger partial charge < -0.3 is 10.1 Å². The number of amides is 1. The molecule has 2 aromatic heterocycles. The second kappa shape index (κ2) is 11.0. The largest absolute Gasteiger partial charge is 0.497 e. The van der Waals surface area contributed by atoms with Gasteiger partial charge in [-0.3, -0.25) is 9.59 Å². The first-order valence-corrected chi connectivity index (χ1v) is 16.4. The molecule has 4 saturated carbocycles. The second-order valence-corrected chi connectivity index (χ2v) is 13.5. The summed E-state index contributed by atoms with van der Waals surface area (Å²) in [6, 6.07) is 23.1. The smallest absolute Gasteiger partial charge is 0.300 e. The van der Waals surface area contributed by atoms with Crippen molar-refractivity contribution in [1.82, 2.24) is 19.6 Å². The Kier molecular flexibility index (Phi) is 6.85. The van der Waals surface area contributed by atoms with Crippen LogP contribution < -0.4 is 15.6 Å². The minimum atomic E-state index is -0.433. The number of thioether (sulfide) groups is 1. The van der Waals surface area contributed by atoms with Crippen molar-refractivity contribution in [3.8, 4) is 17.0 Å². The van der Waals surface area contributed by atoms with E-state index in [1.807, 2.05) is 36.4 Å². The number of aromatic nitrogens is 4. The van der Waals surface area contributed by atoms with Crippen molar-refractivity contribution in [3.63, 3.8) is 0 Å². The van der Waals surface area contributed by atoms with Gasteiger partial charge in [-0.2, -0.15) is 14.6 Å². The third-order valence-corrected chi connectivity index (χ3v) is 10.8. The number of para-hydroxylation sites is 1.